The third kappa shape index (κ3) is 2.58. The number of ether oxygens (including phenoxy) is 1. The lowest BCUT2D eigenvalue weighted by Gasteiger charge is -2.22. The first kappa shape index (κ1) is 13.2. The van der Waals surface area contributed by atoms with Gasteiger partial charge in [-0.05, 0) is 43.4 Å². The Balaban J connectivity index is 1.76. The van der Waals surface area contributed by atoms with Crippen molar-refractivity contribution in [2.45, 2.75) is 44.2 Å². The topological polar surface area (TPSA) is 76.4 Å². The number of nitrogens with one attached hydrogen (secondary N) is 2. The number of anilines is 3. The van der Waals surface area contributed by atoms with Crippen molar-refractivity contribution in [3.63, 3.8) is 0 Å². The first-order valence-corrected chi connectivity index (χ1v) is 7.17. The van der Waals surface area contributed by atoms with Crippen LogP contribution in [-0.2, 0) is 16.0 Å². The average Bonchev–Trinajstić information content (AvgIpc) is 2.87. The lowest BCUT2D eigenvalue weighted by molar-refractivity contribution is -0.116. The van der Waals surface area contributed by atoms with Crippen LogP contribution in [0.3, 0.4) is 0 Å². The average molecular weight is 275 g/mol. The third-order valence-corrected chi connectivity index (χ3v) is 4.25. The first-order valence-electron chi connectivity index (χ1n) is 7.17. The van der Waals surface area contributed by atoms with E-state index in [9.17, 15) is 4.79 Å². The second-order valence-corrected chi connectivity index (χ2v) is 5.66. The molecule has 2 atom stereocenters. The van der Waals surface area contributed by atoms with E-state index < -0.39 is 0 Å². The smallest absolute Gasteiger partial charge is 0.224 e. The Kier molecular flexibility index (Phi) is 3.53. The van der Waals surface area contributed by atoms with E-state index in [-0.39, 0.29) is 5.91 Å². The van der Waals surface area contributed by atoms with Crippen molar-refractivity contribution in [2.24, 2.45) is 0 Å². The molecule has 3 rings (SSSR count). The molecular weight excluding hydrogens is 254 g/mol. The zero-order valence-electron chi connectivity index (χ0n) is 11.7. The van der Waals surface area contributed by atoms with Gasteiger partial charge >= 0.3 is 0 Å². The molecule has 1 amide bonds. The number of carbonyl (C=O) groups is 1. The van der Waals surface area contributed by atoms with E-state index in [1.807, 2.05) is 6.07 Å². The number of nitrogens with two attached hydrogens (primary N) is 1. The first-order chi connectivity index (χ1) is 9.65. The summed E-state index contributed by atoms with van der Waals surface area (Å²) >= 11 is 0. The SMILES string of the molecule is COC1CCC(Nc2cc3c(cc2N)NC(=O)CC3)C1. The maximum absolute atomic E-state index is 11.4. The number of hydrogen-bond acceptors (Lipinski definition) is 4. The number of benzene rings is 1. The monoisotopic (exact) mass is 275 g/mol. The number of hydrogen-bond donors (Lipinski definition) is 3. The number of methoxy groups -OCH3 is 1. The van der Waals surface area contributed by atoms with Gasteiger partial charge in [0, 0.05) is 25.3 Å². The highest BCUT2D eigenvalue weighted by Gasteiger charge is 2.25. The molecule has 1 aromatic rings. The number of amides is 1. The van der Waals surface area contributed by atoms with Crippen LogP contribution in [0, 0.1) is 0 Å². The fraction of sp³-hybridized carbons (Fsp3) is 0.533. The van der Waals surface area contributed by atoms with E-state index >= 15 is 0 Å². The standard InChI is InChI=1S/C15H21N3O2/c1-20-11-4-3-10(7-11)17-14-6-9-2-5-15(19)18-13(9)8-12(14)16/h6,8,10-11,17H,2-5,7,16H2,1H3,(H,18,19). The van der Waals surface area contributed by atoms with Crippen LogP contribution in [0.2, 0.25) is 0 Å². The molecule has 1 aliphatic heterocycles. The van der Waals surface area contributed by atoms with E-state index in [2.05, 4.69) is 16.7 Å². The maximum Gasteiger partial charge on any atom is 0.224 e. The molecule has 20 heavy (non-hydrogen) atoms. The van der Waals surface area contributed by atoms with Crippen molar-refractivity contribution >= 4 is 23.0 Å². The summed E-state index contributed by atoms with van der Waals surface area (Å²) < 4.78 is 5.39. The van der Waals surface area contributed by atoms with Gasteiger partial charge in [0.05, 0.1) is 17.5 Å². The van der Waals surface area contributed by atoms with Gasteiger partial charge in [0.15, 0.2) is 0 Å². The van der Waals surface area contributed by atoms with Gasteiger partial charge in [0.25, 0.3) is 0 Å². The zero-order chi connectivity index (χ0) is 14.1. The Hall–Kier alpha value is -1.75. The third-order valence-electron chi connectivity index (χ3n) is 4.25. The Morgan fingerprint density at radius 2 is 2.20 bits per heavy atom. The van der Waals surface area contributed by atoms with Gasteiger partial charge in [0.1, 0.15) is 0 Å². The Bertz CT molecular complexity index is 530. The van der Waals surface area contributed by atoms with Gasteiger partial charge < -0.3 is 21.1 Å². The van der Waals surface area contributed by atoms with E-state index in [1.54, 1.807) is 7.11 Å². The number of carbonyl (C=O) groups excluding carboxylic acids is 1. The van der Waals surface area contributed by atoms with Crippen LogP contribution in [0.4, 0.5) is 17.1 Å². The van der Waals surface area contributed by atoms with Crippen LogP contribution in [0.1, 0.15) is 31.2 Å². The number of aryl methyl sites for hydroxylation is 1. The van der Waals surface area contributed by atoms with Crippen LogP contribution in [0.15, 0.2) is 12.1 Å². The molecule has 5 heteroatoms. The van der Waals surface area contributed by atoms with Crippen LogP contribution in [0.5, 0.6) is 0 Å². The fourth-order valence-electron chi connectivity index (χ4n) is 3.08. The minimum atomic E-state index is 0.0661. The van der Waals surface area contributed by atoms with Gasteiger partial charge in [-0.15, -0.1) is 0 Å². The molecule has 0 aromatic heterocycles. The Morgan fingerprint density at radius 3 is 2.95 bits per heavy atom. The number of fused-ring (bicyclic) bond motifs is 1. The van der Waals surface area contributed by atoms with Crippen molar-refractivity contribution in [1.29, 1.82) is 0 Å². The molecule has 0 spiro atoms. The molecular formula is C15H21N3O2. The van der Waals surface area contributed by atoms with Crippen molar-refractivity contribution in [3.05, 3.63) is 17.7 Å². The summed E-state index contributed by atoms with van der Waals surface area (Å²) in [4.78, 5) is 11.4. The molecule has 108 valence electrons. The predicted octanol–water partition coefficient (Wildman–Crippen LogP) is 2.13. The van der Waals surface area contributed by atoms with Crippen molar-refractivity contribution in [1.82, 2.24) is 0 Å². The molecule has 0 saturated heterocycles. The summed E-state index contributed by atoms with van der Waals surface area (Å²) in [5, 5.41) is 6.39. The second-order valence-electron chi connectivity index (χ2n) is 5.66. The highest BCUT2D eigenvalue weighted by atomic mass is 16.5. The molecule has 4 N–H and O–H groups in total. The molecule has 1 fully saturated rings. The summed E-state index contributed by atoms with van der Waals surface area (Å²) in [5.41, 5.74) is 9.76. The van der Waals surface area contributed by atoms with Crippen LogP contribution in [-0.4, -0.2) is 25.2 Å². The Labute approximate surface area is 118 Å². The molecule has 1 heterocycles. The van der Waals surface area contributed by atoms with Crippen molar-refractivity contribution < 1.29 is 9.53 Å². The molecule has 1 saturated carbocycles. The normalized spacial score (nSPS) is 25.1. The highest BCUT2D eigenvalue weighted by Crippen LogP contribution is 2.33. The van der Waals surface area contributed by atoms with E-state index in [0.717, 1.165) is 42.6 Å². The largest absolute Gasteiger partial charge is 0.397 e. The summed E-state index contributed by atoms with van der Waals surface area (Å²) in [7, 11) is 1.77. The summed E-state index contributed by atoms with van der Waals surface area (Å²) in [5.74, 6) is 0.0661. The lowest BCUT2D eigenvalue weighted by Crippen LogP contribution is -2.21. The van der Waals surface area contributed by atoms with Gasteiger partial charge in [-0.3, -0.25) is 4.79 Å². The van der Waals surface area contributed by atoms with Crippen LogP contribution < -0.4 is 16.4 Å². The second kappa shape index (κ2) is 5.32. The molecule has 1 aromatic carbocycles. The van der Waals surface area contributed by atoms with E-state index in [1.165, 1.54) is 0 Å². The maximum atomic E-state index is 11.4. The minimum absolute atomic E-state index is 0.0661. The highest BCUT2D eigenvalue weighted by molar-refractivity contribution is 5.95. The summed E-state index contributed by atoms with van der Waals surface area (Å²) in [6.45, 7) is 0. The van der Waals surface area contributed by atoms with E-state index in [4.69, 9.17) is 10.5 Å². The molecule has 1 aliphatic carbocycles. The fourth-order valence-corrected chi connectivity index (χ4v) is 3.08. The van der Waals surface area contributed by atoms with Crippen LogP contribution in [0.25, 0.3) is 0 Å². The number of nitrogen functional groups attached to an aromatic ring is 1. The van der Waals surface area contributed by atoms with Crippen molar-refractivity contribution in [2.75, 3.05) is 23.5 Å². The van der Waals surface area contributed by atoms with Gasteiger partial charge in [-0.2, -0.15) is 0 Å². The summed E-state index contributed by atoms with van der Waals surface area (Å²) in [6.07, 6.45) is 4.89. The van der Waals surface area contributed by atoms with Crippen molar-refractivity contribution in [3.8, 4) is 0 Å². The van der Waals surface area contributed by atoms with E-state index in [0.29, 0.717) is 24.3 Å². The Morgan fingerprint density at radius 1 is 1.35 bits per heavy atom. The predicted molar refractivity (Wildman–Crippen MR) is 79.9 cm³/mol. The molecule has 2 unspecified atom stereocenters. The molecule has 5 nitrogen and oxygen atoms in total. The zero-order valence-corrected chi connectivity index (χ0v) is 11.7. The van der Waals surface area contributed by atoms with Gasteiger partial charge in [0.2, 0.25) is 5.91 Å². The molecule has 0 radical (unpaired) electrons. The molecule has 2 aliphatic rings. The minimum Gasteiger partial charge on any atom is -0.397 e. The molecule has 0 bridgehead atoms. The lowest BCUT2D eigenvalue weighted by atomic mass is 10.0. The summed E-state index contributed by atoms with van der Waals surface area (Å²) in [6, 6.07) is 4.35. The number of rotatable bonds is 3. The van der Waals surface area contributed by atoms with Crippen LogP contribution >= 0.6 is 0 Å². The quantitative estimate of drug-likeness (QED) is 0.739. The van der Waals surface area contributed by atoms with Gasteiger partial charge in [-0.1, -0.05) is 0 Å². The van der Waals surface area contributed by atoms with Gasteiger partial charge in [-0.25, -0.2) is 0 Å².